The third kappa shape index (κ3) is 6.49. The molecule has 0 aromatic heterocycles. The standard InChI is InChI=1S/C23H32N2O4S/c1-7-22(21-12-11-17(4)13-18(21)5)24-23(26)15-25(30(6,27)28)19-9-8-10-20(14-19)29-16(2)3/h8-14,16,22H,7,15H2,1-6H3,(H,24,26)/t22-/m0/s1. The smallest absolute Gasteiger partial charge is 0.241 e. The summed E-state index contributed by atoms with van der Waals surface area (Å²) in [5, 5.41) is 2.99. The highest BCUT2D eigenvalue weighted by Crippen LogP contribution is 2.25. The number of hydrogen-bond acceptors (Lipinski definition) is 4. The van der Waals surface area contributed by atoms with Gasteiger partial charge in [-0.25, -0.2) is 8.42 Å². The monoisotopic (exact) mass is 432 g/mol. The minimum Gasteiger partial charge on any atom is -0.491 e. The predicted octanol–water partition coefficient (Wildman–Crippen LogP) is 4.12. The molecule has 2 aromatic rings. The van der Waals surface area contributed by atoms with Gasteiger partial charge in [-0.15, -0.1) is 0 Å². The molecule has 0 spiro atoms. The van der Waals surface area contributed by atoms with Crippen molar-refractivity contribution in [3.8, 4) is 5.75 Å². The number of carbonyl (C=O) groups is 1. The molecule has 2 aromatic carbocycles. The van der Waals surface area contributed by atoms with Crippen molar-refractivity contribution in [3.05, 3.63) is 59.2 Å². The second-order valence-electron chi connectivity index (χ2n) is 7.82. The molecule has 6 nitrogen and oxygen atoms in total. The van der Waals surface area contributed by atoms with Crippen molar-refractivity contribution in [2.45, 2.75) is 53.2 Å². The van der Waals surface area contributed by atoms with Crippen LogP contribution in [-0.2, 0) is 14.8 Å². The van der Waals surface area contributed by atoms with Crippen LogP contribution in [-0.4, -0.2) is 33.2 Å². The number of nitrogens with zero attached hydrogens (tertiary/aromatic N) is 1. The molecule has 7 heteroatoms. The summed E-state index contributed by atoms with van der Waals surface area (Å²) < 4.78 is 31.6. The van der Waals surface area contributed by atoms with Gasteiger partial charge in [0.15, 0.2) is 0 Å². The molecule has 0 saturated heterocycles. The molecule has 1 amide bonds. The molecule has 0 bridgehead atoms. The minimum absolute atomic E-state index is 0.0432. The number of anilines is 1. The lowest BCUT2D eigenvalue weighted by Crippen LogP contribution is -2.41. The third-order valence-corrected chi connectivity index (χ3v) is 5.85. The van der Waals surface area contributed by atoms with Crippen molar-refractivity contribution in [1.29, 1.82) is 0 Å². The highest BCUT2D eigenvalue weighted by molar-refractivity contribution is 7.92. The van der Waals surface area contributed by atoms with Crippen LogP contribution in [0.1, 0.15) is 49.9 Å². The van der Waals surface area contributed by atoms with Gasteiger partial charge in [-0.3, -0.25) is 9.10 Å². The molecule has 1 atom stereocenters. The number of sulfonamides is 1. The van der Waals surface area contributed by atoms with Crippen LogP contribution in [0.15, 0.2) is 42.5 Å². The van der Waals surface area contributed by atoms with Gasteiger partial charge in [0.2, 0.25) is 15.9 Å². The van der Waals surface area contributed by atoms with Crippen LogP contribution in [0.25, 0.3) is 0 Å². The second-order valence-corrected chi connectivity index (χ2v) is 9.73. The quantitative estimate of drug-likeness (QED) is 0.647. The van der Waals surface area contributed by atoms with Gasteiger partial charge in [-0.05, 0) is 57.4 Å². The van der Waals surface area contributed by atoms with Crippen LogP contribution >= 0.6 is 0 Å². The molecule has 0 aliphatic heterocycles. The summed E-state index contributed by atoms with van der Waals surface area (Å²) in [5.41, 5.74) is 3.69. The number of amides is 1. The van der Waals surface area contributed by atoms with E-state index in [1.54, 1.807) is 24.3 Å². The topological polar surface area (TPSA) is 75.7 Å². The Morgan fingerprint density at radius 1 is 1.13 bits per heavy atom. The van der Waals surface area contributed by atoms with E-state index in [1.807, 2.05) is 46.8 Å². The molecular formula is C23H32N2O4S. The molecule has 30 heavy (non-hydrogen) atoms. The highest BCUT2D eigenvalue weighted by atomic mass is 32.2. The number of nitrogens with one attached hydrogen (secondary N) is 1. The first-order valence-electron chi connectivity index (χ1n) is 10.1. The van der Waals surface area contributed by atoms with Gasteiger partial charge in [0.1, 0.15) is 12.3 Å². The van der Waals surface area contributed by atoms with Crippen LogP contribution in [0.5, 0.6) is 5.75 Å². The lowest BCUT2D eigenvalue weighted by Gasteiger charge is -2.25. The first-order chi connectivity index (χ1) is 14.0. The number of ether oxygens (including phenoxy) is 1. The van der Waals surface area contributed by atoms with E-state index in [2.05, 4.69) is 11.4 Å². The van der Waals surface area contributed by atoms with E-state index in [1.165, 1.54) is 0 Å². The normalized spacial score (nSPS) is 12.5. The van der Waals surface area contributed by atoms with Crippen molar-refractivity contribution in [2.75, 3.05) is 17.1 Å². The summed E-state index contributed by atoms with van der Waals surface area (Å²) in [7, 11) is -3.66. The minimum atomic E-state index is -3.66. The zero-order chi connectivity index (χ0) is 22.5. The Labute approximate surface area is 180 Å². The van der Waals surface area contributed by atoms with Crippen molar-refractivity contribution in [2.24, 2.45) is 0 Å². The molecule has 2 rings (SSSR count). The van der Waals surface area contributed by atoms with Gasteiger partial charge in [0, 0.05) is 6.07 Å². The Balaban J connectivity index is 2.23. The van der Waals surface area contributed by atoms with Crippen molar-refractivity contribution >= 4 is 21.6 Å². The van der Waals surface area contributed by atoms with E-state index in [9.17, 15) is 13.2 Å². The largest absolute Gasteiger partial charge is 0.491 e. The van der Waals surface area contributed by atoms with E-state index in [0.717, 1.165) is 27.3 Å². The van der Waals surface area contributed by atoms with E-state index in [-0.39, 0.29) is 24.6 Å². The summed E-state index contributed by atoms with van der Waals surface area (Å²) in [6, 6.07) is 12.7. The average molecular weight is 433 g/mol. The third-order valence-electron chi connectivity index (χ3n) is 4.71. The van der Waals surface area contributed by atoms with Gasteiger partial charge in [-0.2, -0.15) is 0 Å². The lowest BCUT2D eigenvalue weighted by molar-refractivity contribution is -0.120. The van der Waals surface area contributed by atoms with Gasteiger partial charge >= 0.3 is 0 Å². The maximum Gasteiger partial charge on any atom is 0.241 e. The second kappa shape index (κ2) is 9.98. The van der Waals surface area contributed by atoms with Gasteiger partial charge in [0.05, 0.1) is 24.1 Å². The number of aryl methyl sites for hydroxylation is 2. The van der Waals surface area contributed by atoms with Crippen LogP contribution in [0.4, 0.5) is 5.69 Å². The number of benzene rings is 2. The zero-order valence-corrected chi connectivity index (χ0v) is 19.4. The zero-order valence-electron chi connectivity index (χ0n) is 18.6. The molecule has 0 fully saturated rings. The van der Waals surface area contributed by atoms with Crippen LogP contribution in [0.3, 0.4) is 0 Å². The van der Waals surface area contributed by atoms with Crippen LogP contribution in [0.2, 0.25) is 0 Å². The van der Waals surface area contributed by atoms with E-state index < -0.39 is 10.0 Å². The fourth-order valence-corrected chi connectivity index (χ4v) is 4.22. The molecular weight excluding hydrogens is 400 g/mol. The molecule has 0 radical (unpaired) electrons. The van der Waals surface area contributed by atoms with Crippen LogP contribution in [0, 0.1) is 13.8 Å². The summed E-state index contributed by atoms with van der Waals surface area (Å²) >= 11 is 0. The first kappa shape index (κ1) is 23.7. The fraction of sp³-hybridized carbons (Fsp3) is 0.435. The lowest BCUT2D eigenvalue weighted by atomic mass is 9.97. The number of hydrogen-bond donors (Lipinski definition) is 1. The van der Waals surface area contributed by atoms with E-state index in [0.29, 0.717) is 17.9 Å². The molecule has 0 aliphatic rings. The molecule has 0 aliphatic carbocycles. The summed E-state index contributed by atoms with van der Waals surface area (Å²) in [6.45, 7) is 9.52. The average Bonchev–Trinajstić information content (AvgIpc) is 2.63. The van der Waals surface area contributed by atoms with Gasteiger partial charge in [0.25, 0.3) is 0 Å². The fourth-order valence-electron chi connectivity index (χ4n) is 3.37. The Morgan fingerprint density at radius 3 is 2.40 bits per heavy atom. The van der Waals surface area contributed by atoms with E-state index >= 15 is 0 Å². The summed E-state index contributed by atoms with van der Waals surface area (Å²) in [5.74, 6) is 0.195. The van der Waals surface area contributed by atoms with Crippen molar-refractivity contribution in [1.82, 2.24) is 5.32 Å². The Bertz CT molecular complexity index is 986. The molecule has 0 heterocycles. The number of rotatable bonds is 9. The Morgan fingerprint density at radius 2 is 1.83 bits per heavy atom. The molecule has 0 saturated carbocycles. The first-order valence-corrected chi connectivity index (χ1v) is 12.0. The highest BCUT2D eigenvalue weighted by Gasteiger charge is 2.23. The van der Waals surface area contributed by atoms with E-state index in [4.69, 9.17) is 4.74 Å². The van der Waals surface area contributed by atoms with Crippen molar-refractivity contribution in [3.63, 3.8) is 0 Å². The SMILES string of the molecule is CC[C@H](NC(=O)CN(c1cccc(OC(C)C)c1)S(C)(=O)=O)c1ccc(C)cc1C. The predicted molar refractivity (Wildman–Crippen MR) is 121 cm³/mol. The Hall–Kier alpha value is -2.54. The van der Waals surface area contributed by atoms with Crippen LogP contribution < -0.4 is 14.4 Å². The molecule has 164 valence electrons. The Kier molecular flexibility index (Phi) is 7.89. The molecule has 1 N–H and O–H groups in total. The van der Waals surface area contributed by atoms with Gasteiger partial charge < -0.3 is 10.1 Å². The maximum absolute atomic E-state index is 12.8. The maximum atomic E-state index is 12.8. The summed E-state index contributed by atoms with van der Waals surface area (Å²) in [4.78, 5) is 12.8. The molecule has 0 unspecified atom stereocenters. The van der Waals surface area contributed by atoms with Crippen molar-refractivity contribution < 1.29 is 17.9 Å². The van der Waals surface area contributed by atoms with Gasteiger partial charge in [-0.1, -0.05) is 36.8 Å². The summed E-state index contributed by atoms with van der Waals surface area (Å²) in [6.07, 6.45) is 1.75. The number of carbonyl (C=O) groups excluding carboxylic acids is 1.